The fourth-order valence-corrected chi connectivity index (χ4v) is 2.57. The van der Waals surface area contributed by atoms with Gasteiger partial charge in [-0.1, -0.05) is 84.9 Å². The van der Waals surface area contributed by atoms with Crippen molar-refractivity contribution in [2.24, 2.45) is 5.10 Å². The maximum atomic E-state index is 12.0. The quantitative estimate of drug-likeness (QED) is 0.546. The zero-order chi connectivity index (χ0) is 17.5. The predicted molar refractivity (Wildman–Crippen MR) is 102 cm³/mol. The fraction of sp³-hybridized carbons (Fsp3) is 0.0909. The van der Waals surface area contributed by atoms with E-state index in [4.69, 9.17) is 0 Å². The number of nitrogens with zero attached hydrogens (tertiary/aromatic N) is 1. The molecule has 0 radical (unpaired) electrons. The summed E-state index contributed by atoms with van der Waals surface area (Å²) < 4.78 is 0. The van der Waals surface area contributed by atoms with Crippen LogP contribution in [0.15, 0.2) is 90.0 Å². The molecule has 3 aromatic rings. The Morgan fingerprint density at radius 2 is 1.36 bits per heavy atom. The molecular formula is C22H20N2O. The summed E-state index contributed by atoms with van der Waals surface area (Å²) in [5, 5.41) is 4.21. The van der Waals surface area contributed by atoms with Gasteiger partial charge in [-0.2, -0.15) is 5.10 Å². The third kappa shape index (κ3) is 4.64. The number of carbonyl (C=O) groups is 1. The van der Waals surface area contributed by atoms with Crippen LogP contribution in [0.25, 0.3) is 11.1 Å². The maximum Gasteiger partial charge on any atom is 0.244 e. The number of benzene rings is 3. The summed E-state index contributed by atoms with van der Waals surface area (Å²) in [5.74, 6) is -0.119. The van der Waals surface area contributed by atoms with Crippen LogP contribution in [0.5, 0.6) is 0 Å². The lowest BCUT2D eigenvalue weighted by Crippen LogP contribution is -2.21. The van der Waals surface area contributed by atoms with Crippen molar-refractivity contribution in [3.05, 3.63) is 96.1 Å². The van der Waals surface area contributed by atoms with Crippen molar-refractivity contribution in [2.45, 2.75) is 13.3 Å². The number of hydrogen-bond donors (Lipinski definition) is 1. The van der Waals surface area contributed by atoms with Crippen molar-refractivity contribution >= 4 is 11.6 Å². The van der Waals surface area contributed by atoms with E-state index in [9.17, 15) is 4.79 Å². The molecule has 0 aliphatic carbocycles. The Morgan fingerprint density at radius 1 is 0.800 bits per heavy atom. The average molecular weight is 328 g/mol. The highest BCUT2D eigenvalue weighted by molar-refractivity contribution is 5.99. The molecule has 0 aromatic heterocycles. The molecule has 124 valence electrons. The second kappa shape index (κ2) is 8.06. The average Bonchev–Trinajstić information content (AvgIpc) is 2.68. The summed E-state index contributed by atoms with van der Waals surface area (Å²) in [5.41, 5.74) is 7.70. The zero-order valence-corrected chi connectivity index (χ0v) is 14.1. The topological polar surface area (TPSA) is 41.5 Å². The Bertz CT molecular complexity index is 854. The molecule has 0 bridgehead atoms. The van der Waals surface area contributed by atoms with E-state index in [0.717, 1.165) is 22.4 Å². The Kier molecular flexibility index (Phi) is 5.37. The van der Waals surface area contributed by atoms with Crippen molar-refractivity contribution in [3.63, 3.8) is 0 Å². The molecule has 0 saturated carbocycles. The van der Waals surface area contributed by atoms with Crippen molar-refractivity contribution in [1.29, 1.82) is 0 Å². The van der Waals surface area contributed by atoms with Crippen molar-refractivity contribution in [1.82, 2.24) is 5.43 Å². The second-order valence-electron chi connectivity index (χ2n) is 5.84. The van der Waals surface area contributed by atoms with Gasteiger partial charge in [-0.25, -0.2) is 5.43 Å². The van der Waals surface area contributed by atoms with Gasteiger partial charge < -0.3 is 0 Å². The van der Waals surface area contributed by atoms with Crippen LogP contribution in [0.3, 0.4) is 0 Å². The molecule has 3 nitrogen and oxygen atoms in total. The van der Waals surface area contributed by atoms with Gasteiger partial charge in [-0.15, -0.1) is 0 Å². The standard InChI is InChI=1S/C22H20N2O/c1-17(23-24-22(25)16-18-8-4-2-5-9-18)19-12-14-21(15-13-19)20-10-6-3-7-11-20/h2-15H,16H2,1H3,(H,24,25)/b23-17+. The van der Waals surface area contributed by atoms with E-state index in [-0.39, 0.29) is 5.91 Å². The van der Waals surface area contributed by atoms with Gasteiger partial charge in [0, 0.05) is 0 Å². The lowest BCUT2D eigenvalue weighted by molar-refractivity contribution is -0.120. The molecule has 0 heterocycles. The molecular weight excluding hydrogens is 308 g/mol. The minimum absolute atomic E-state index is 0.119. The van der Waals surface area contributed by atoms with Gasteiger partial charge in [0.05, 0.1) is 12.1 Å². The molecule has 0 saturated heterocycles. The lowest BCUT2D eigenvalue weighted by atomic mass is 10.0. The normalized spacial score (nSPS) is 11.2. The van der Waals surface area contributed by atoms with Gasteiger partial charge in [0.1, 0.15) is 0 Å². The predicted octanol–water partition coefficient (Wildman–Crippen LogP) is 4.44. The van der Waals surface area contributed by atoms with E-state index in [1.165, 1.54) is 5.56 Å². The number of amides is 1. The van der Waals surface area contributed by atoms with Crippen LogP contribution in [0.1, 0.15) is 18.1 Å². The number of nitrogens with one attached hydrogen (secondary N) is 1. The van der Waals surface area contributed by atoms with E-state index in [0.29, 0.717) is 6.42 Å². The van der Waals surface area contributed by atoms with Crippen LogP contribution >= 0.6 is 0 Å². The molecule has 0 aliphatic rings. The first-order chi connectivity index (χ1) is 12.2. The molecule has 1 N–H and O–H groups in total. The summed E-state index contributed by atoms with van der Waals surface area (Å²) in [6.07, 6.45) is 0.324. The summed E-state index contributed by atoms with van der Waals surface area (Å²) in [7, 11) is 0. The fourth-order valence-electron chi connectivity index (χ4n) is 2.57. The van der Waals surface area contributed by atoms with Crippen molar-refractivity contribution < 1.29 is 4.79 Å². The molecule has 1 amide bonds. The molecule has 0 fully saturated rings. The number of rotatable bonds is 5. The lowest BCUT2D eigenvalue weighted by Gasteiger charge is -2.05. The molecule has 3 rings (SSSR count). The Labute approximate surface area is 148 Å². The van der Waals surface area contributed by atoms with Crippen LogP contribution in [0.4, 0.5) is 0 Å². The van der Waals surface area contributed by atoms with Gasteiger partial charge in [0.15, 0.2) is 0 Å². The van der Waals surface area contributed by atoms with Gasteiger partial charge in [0.2, 0.25) is 5.91 Å². The first-order valence-electron chi connectivity index (χ1n) is 8.25. The van der Waals surface area contributed by atoms with E-state index in [2.05, 4.69) is 34.8 Å². The molecule has 25 heavy (non-hydrogen) atoms. The van der Waals surface area contributed by atoms with Gasteiger partial charge in [-0.3, -0.25) is 4.79 Å². The van der Waals surface area contributed by atoms with Gasteiger partial charge >= 0.3 is 0 Å². The SMILES string of the molecule is C/C(=N\NC(=O)Cc1ccccc1)c1ccc(-c2ccccc2)cc1. The highest BCUT2D eigenvalue weighted by Crippen LogP contribution is 2.19. The molecule has 0 unspecified atom stereocenters. The van der Waals surface area contributed by atoms with Crippen LogP contribution in [0.2, 0.25) is 0 Å². The van der Waals surface area contributed by atoms with Gasteiger partial charge in [-0.05, 0) is 29.2 Å². The molecule has 3 heteroatoms. The Hall–Kier alpha value is -3.20. The van der Waals surface area contributed by atoms with Crippen molar-refractivity contribution in [2.75, 3.05) is 0 Å². The smallest absolute Gasteiger partial charge is 0.244 e. The summed E-state index contributed by atoms with van der Waals surface area (Å²) >= 11 is 0. The van der Waals surface area contributed by atoms with E-state index in [1.54, 1.807) is 0 Å². The van der Waals surface area contributed by atoms with Crippen molar-refractivity contribution in [3.8, 4) is 11.1 Å². The Balaban J connectivity index is 1.63. The third-order valence-corrected chi connectivity index (χ3v) is 3.97. The van der Waals surface area contributed by atoms with E-state index < -0.39 is 0 Å². The van der Waals surface area contributed by atoms with Crippen LogP contribution < -0.4 is 5.43 Å². The number of carbonyl (C=O) groups excluding carboxylic acids is 1. The van der Waals surface area contributed by atoms with Crippen LogP contribution in [-0.2, 0) is 11.2 Å². The van der Waals surface area contributed by atoms with Gasteiger partial charge in [0.25, 0.3) is 0 Å². The van der Waals surface area contributed by atoms with E-state index in [1.807, 2.05) is 67.6 Å². The largest absolute Gasteiger partial charge is 0.273 e. The number of hydrogen-bond acceptors (Lipinski definition) is 2. The maximum absolute atomic E-state index is 12.0. The monoisotopic (exact) mass is 328 g/mol. The molecule has 3 aromatic carbocycles. The van der Waals surface area contributed by atoms with Crippen LogP contribution in [0, 0.1) is 0 Å². The molecule has 0 atom stereocenters. The second-order valence-corrected chi connectivity index (χ2v) is 5.84. The minimum atomic E-state index is -0.119. The Morgan fingerprint density at radius 3 is 2.00 bits per heavy atom. The summed E-state index contributed by atoms with van der Waals surface area (Å²) in [4.78, 5) is 12.0. The highest BCUT2D eigenvalue weighted by atomic mass is 16.2. The first-order valence-corrected chi connectivity index (χ1v) is 8.25. The summed E-state index contributed by atoms with van der Waals surface area (Å²) in [6.45, 7) is 1.89. The number of hydrazone groups is 1. The highest BCUT2D eigenvalue weighted by Gasteiger charge is 2.03. The van der Waals surface area contributed by atoms with E-state index >= 15 is 0 Å². The first kappa shape index (κ1) is 16.7. The minimum Gasteiger partial charge on any atom is -0.273 e. The third-order valence-electron chi connectivity index (χ3n) is 3.97. The summed E-state index contributed by atoms with van der Waals surface area (Å²) in [6, 6.07) is 28.0. The van der Waals surface area contributed by atoms with Crippen LogP contribution in [-0.4, -0.2) is 11.6 Å². The molecule has 0 spiro atoms. The molecule has 0 aliphatic heterocycles. The zero-order valence-electron chi connectivity index (χ0n) is 14.1.